The average molecular weight is 227 g/mol. The first-order chi connectivity index (χ1) is 7.67. The van der Waals surface area contributed by atoms with Gasteiger partial charge in [0.05, 0.1) is 6.04 Å². The zero-order valence-corrected chi connectivity index (χ0v) is 10.7. The molecule has 16 heavy (non-hydrogen) atoms. The van der Waals surface area contributed by atoms with Crippen molar-refractivity contribution >= 4 is 5.91 Å². The van der Waals surface area contributed by atoms with E-state index in [1.807, 2.05) is 0 Å². The Labute approximate surface area is 98.6 Å². The highest BCUT2D eigenvalue weighted by Crippen LogP contribution is 2.05. The molecule has 0 aliphatic carbocycles. The molecule has 4 heteroatoms. The fourth-order valence-corrected chi connectivity index (χ4v) is 1.91. The van der Waals surface area contributed by atoms with E-state index in [0.29, 0.717) is 12.0 Å². The first-order valence-corrected chi connectivity index (χ1v) is 6.41. The number of hydrogen-bond donors (Lipinski definition) is 3. The Hall–Kier alpha value is -0.610. The van der Waals surface area contributed by atoms with Gasteiger partial charge in [-0.1, -0.05) is 26.7 Å². The van der Waals surface area contributed by atoms with Crippen LogP contribution >= 0.6 is 0 Å². The van der Waals surface area contributed by atoms with Crippen LogP contribution in [0, 0.1) is 5.92 Å². The van der Waals surface area contributed by atoms with Gasteiger partial charge in [-0.15, -0.1) is 0 Å². The summed E-state index contributed by atoms with van der Waals surface area (Å²) in [7, 11) is 0. The third-order valence-corrected chi connectivity index (χ3v) is 3.38. The Balaban J connectivity index is 2.24. The van der Waals surface area contributed by atoms with Crippen molar-refractivity contribution in [3.8, 4) is 0 Å². The summed E-state index contributed by atoms with van der Waals surface area (Å²) in [5, 5.41) is 9.59. The lowest BCUT2D eigenvalue weighted by molar-refractivity contribution is -0.123. The highest BCUT2D eigenvalue weighted by Gasteiger charge is 2.23. The minimum Gasteiger partial charge on any atom is -0.354 e. The molecule has 3 N–H and O–H groups in total. The molecule has 1 fully saturated rings. The molecular formula is C12H25N3O. The van der Waals surface area contributed by atoms with E-state index in [1.165, 1.54) is 0 Å². The summed E-state index contributed by atoms with van der Waals surface area (Å²) in [6.45, 7) is 8.86. The minimum absolute atomic E-state index is 0.0643. The van der Waals surface area contributed by atoms with E-state index in [0.717, 1.165) is 32.5 Å². The van der Waals surface area contributed by atoms with Crippen LogP contribution in [0.15, 0.2) is 0 Å². The van der Waals surface area contributed by atoms with E-state index in [-0.39, 0.29) is 11.9 Å². The maximum atomic E-state index is 11.8. The van der Waals surface area contributed by atoms with Crippen molar-refractivity contribution in [1.29, 1.82) is 0 Å². The molecule has 1 aliphatic heterocycles. The molecule has 1 aliphatic rings. The topological polar surface area (TPSA) is 53.2 Å². The van der Waals surface area contributed by atoms with Gasteiger partial charge < -0.3 is 16.0 Å². The van der Waals surface area contributed by atoms with Gasteiger partial charge in [-0.2, -0.15) is 0 Å². The molecule has 1 amide bonds. The highest BCUT2D eigenvalue weighted by molar-refractivity contribution is 5.82. The molecule has 1 saturated heterocycles. The Morgan fingerprint density at radius 3 is 2.50 bits per heavy atom. The van der Waals surface area contributed by atoms with Crippen LogP contribution in [-0.2, 0) is 4.79 Å². The third-order valence-electron chi connectivity index (χ3n) is 3.38. The van der Waals surface area contributed by atoms with E-state index in [4.69, 9.17) is 0 Å². The number of carbonyl (C=O) groups excluding carboxylic acids is 1. The van der Waals surface area contributed by atoms with Crippen molar-refractivity contribution in [1.82, 2.24) is 16.0 Å². The van der Waals surface area contributed by atoms with E-state index >= 15 is 0 Å². The van der Waals surface area contributed by atoms with Gasteiger partial charge in [0.15, 0.2) is 0 Å². The predicted molar refractivity (Wildman–Crippen MR) is 66.3 cm³/mol. The van der Waals surface area contributed by atoms with Crippen LogP contribution in [0.5, 0.6) is 0 Å². The summed E-state index contributed by atoms with van der Waals surface area (Å²) >= 11 is 0. The molecule has 2 atom stereocenters. The summed E-state index contributed by atoms with van der Waals surface area (Å²) in [5.74, 6) is 0.741. The lowest BCUT2D eigenvalue weighted by atomic mass is 10.0. The molecular weight excluding hydrogens is 202 g/mol. The van der Waals surface area contributed by atoms with Gasteiger partial charge in [0.25, 0.3) is 0 Å². The number of amides is 1. The van der Waals surface area contributed by atoms with Crippen molar-refractivity contribution in [2.75, 3.05) is 19.6 Å². The first kappa shape index (κ1) is 13.5. The van der Waals surface area contributed by atoms with Crippen LogP contribution in [-0.4, -0.2) is 37.6 Å². The lowest BCUT2D eigenvalue weighted by Crippen LogP contribution is -2.59. The summed E-state index contributed by atoms with van der Waals surface area (Å²) in [4.78, 5) is 11.8. The van der Waals surface area contributed by atoms with Crippen molar-refractivity contribution in [3.05, 3.63) is 0 Å². The molecule has 4 nitrogen and oxygen atoms in total. The lowest BCUT2D eigenvalue weighted by Gasteiger charge is -2.28. The number of hydrogen-bond acceptors (Lipinski definition) is 3. The zero-order chi connectivity index (χ0) is 12.0. The van der Waals surface area contributed by atoms with E-state index in [2.05, 4.69) is 36.7 Å². The molecule has 0 aromatic heterocycles. The van der Waals surface area contributed by atoms with Crippen LogP contribution in [0.4, 0.5) is 0 Å². The largest absolute Gasteiger partial charge is 0.354 e. The smallest absolute Gasteiger partial charge is 0.238 e. The zero-order valence-electron chi connectivity index (χ0n) is 10.7. The molecule has 0 saturated carbocycles. The first-order valence-electron chi connectivity index (χ1n) is 6.41. The molecule has 0 aromatic carbocycles. The molecule has 2 unspecified atom stereocenters. The normalized spacial score (nSPS) is 25.8. The second-order valence-electron chi connectivity index (χ2n) is 4.70. The molecule has 0 radical (unpaired) electrons. The van der Waals surface area contributed by atoms with Gasteiger partial charge in [-0.3, -0.25) is 4.79 Å². The molecule has 94 valence electrons. The summed E-state index contributed by atoms with van der Waals surface area (Å²) in [6.07, 6.45) is 2.26. The average Bonchev–Trinajstić information content (AvgIpc) is 2.31. The number of piperazine rings is 1. The maximum Gasteiger partial charge on any atom is 0.238 e. The molecule has 0 bridgehead atoms. The number of rotatable bonds is 5. The molecule has 0 spiro atoms. The van der Waals surface area contributed by atoms with Crippen LogP contribution in [0.1, 0.15) is 33.6 Å². The summed E-state index contributed by atoms with van der Waals surface area (Å²) in [6, 6.07) is 0.397. The second-order valence-corrected chi connectivity index (χ2v) is 4.70. The van der Waals surface area contributed by atoms with Crippen molar-refractivity contribution in [2.45, 2.75) is 45.7 Å². The van der Waals surface area contributed by atoms with E-state index in [9.17, 15) is 4.79 Å². The second kappa shape index (κ2) is 6.86. The monoisotopic (exact) mass is 227 g/mol. The van der Waals surface area contributed by atoms with Crippen molar-refractivity contribution < 1.29 is 4.79 Å². The Kier molecular flexibility index (Phi) is 5.77. The van der Waals surface area contributed by atoms with Gasteiger partial charge in [-0.05, 0) is 12.8 Å². The van der Waals surface area contributed by atoms with Gasteiger partial charge >= 0.3 is 0 Å². The van der Waals surface area contributed by atoms with Crippen molar-refractivity contribution in [2.24, 2.45) is 5.92 Å². The number of carbonyl (C=O) groups is 1. The summed E-state index contributed by atoms with van der Waals surface area (Å²) < 4.78 is 0. The quantitative estimate of drug-likeness (QED) is 0.641. The maximum absolute atomic E-state index is 11.8. The molecule has 0 aromatic rings. The SMILES string of the molecule is CCC(CC)CNC(=O)C1CNC(C)CN1. The molecule has 1 rings (SSSR count). The van der Waals surface area contributed by atoms with E-state index < -0.39 is 0 Å². The van der Waals surface area contributed by atoms with Crippen LogP contribution < -0.4 is 16.0 Å². The van der Waals surface area contributed by atoms with Gasteiger partial charge in [0.1, 0.15) is 0 Å². The van der Waals surface area contributed by atoms with Crippen LogP contribution in [0.3, 0.4) is 0 Å². The third kappa shape index (κ3) is 4.10. The fraction of sp³-hybridized carbons (Fsp3) is 0.917. The Bertz CT molecular complexity index is 208. The van der Waals surface area contributed by atoms with Gasteiger partial charge in [0.2, 0.25) is 5.91 Å². The Morgan fingerprint density at radius 1 is 1.31 bits per heavy atom. The van der Waals surface area contributed by atoms with Crippen molar-refractivity contribution in [3.63, 3.8) is 0 Å². The van der Waals surface area contributed by atoms with Gasteiger partial charge in [-0.25, -0.2) is 0 Å². The molecule has 1 heterocycles. The predicted octanol–water partition coefficient (Wildman–Crippen LogP) is 0.489. The highest BCUT2D eigenvalue weighted by atomic mass is 16.2. The Morgan fingerprint density at radius 2 is 2.00 bits per heavy atom. The summed E-state index contributed by atoms with van der Waals surface area (Å²) in [5.41, 5.74) is 0. The van der Waals surface area contributed by atoms with Crippen LogP contribution in [0.25, 0.3) is 0 Å². The van der Waals surface area contributed by atoms with E-state index in [1.54, 1.807) is 0 Å². The minimum atomic E-state index is -0.0643. The standard InChI is InChI=1S/C12H25N3O/c1-4-10(5-2)7-15-12(16)11-8-13-9(3)6-14-11/h9-11,13-14H,4-8H2,1-3H3,(H,15,16). The fourth-order valence-electron chi connectivity index (χ4n) is 1.91. The van der Waals surface area contributed by atoms with Crippen LogP contribution in [0.2, 0.25) is 0 Å². The number of nitrogens with one attached hydrogen (secondary N) is 3. The van der Waals surface area contributed by atoms with Gasteiger partial charge in [0, 0.05) is 25.7 Å².